The van der Waals surface area contributed by atoms with Gasteiger partial charge in [0.1, 0.15) is 12.9 Å². The molecule has 0 bridgehead atoms. The van der Waals surface area contributed by atoms with Gasteiger partial charge in [-0.1, -0.05) is 48.6 Å². The number of nitrogens with zero attached hydrogens (tertiary/aromatic N) is 1. The third kappa shape index (κ3) is 6.29. The lowest BCUT2D eigenvalue weighted by atomic mass is 9.96. The molecule has 0 saturated heterocycles. The standard InChI is InChI=1S/C27H23F3N2O3/c28-27(29,30)22-11-8-19(9-12-22)23-7-5-6-20-18-21(10-13-24(20)23)26(33)31-15-3-1-2-4-16-34-25-14-17-35-32-25/h2,4-14,17-18H,1,3,15-16H2,(H,31,33)/b4-2+. The molecule has 1 heterocycles. The molecular formula is C27H23F3N2O3. The number of aromatic nitrogens is 1. The zero-order valence-electron chi connectivity index (χ0n) is 18.7. The summed E-state index contributed by atoms with van der Waals surface area (Å²) in [5, 5.41) is 8.26. The van der Waals surface area contributed by atoms with Crippen molar-refractivity contribution in [2.24, 2.45) is 0 Å². The van der Waals surface area contributed by atoms with Gasteiger partial charge in [-0.2, -0.15) is 13.2 Å². The number of fused-ring (bicyclic) bond motifs is 1. The van der Waals surface area contributed by atoms with Gasteiger partial charge in [0.2, 0.25) is 0 Å². The van der Waals surface area contributed by atoms with E-state index in [1.807, 2.05) is 36.4 Å². The van der Waals surface area contributed by atoms with Crippen LogP contribution in [0, 0.1) is 0 Å². The van der Waals surface area contributed by atoms with E-state index in [1.54, 1.807) is 18.2 Å². The van der Waals surface area contributed by atoms with E-state index >= 15 is 0 Å². The Morgan fingerprint density at radius 1 is 1.03 bits per heavy atom. The van der Waals surface area contributed by atoms with Gasteiger partial charge in [-0.25, -0.2) is 0 Å². The Hall–Kier alpha value is -4.07. The molecule has 0 saturated carbocycles. The largest absolute Gasteiger partial charge is 0.471 e. The molecule has 0 aliphatic heterocycles. The minimum absolute atomic E-state index is 0.176. The van der Waals surface area contributed by atoms with Crippen LogP contribution in [-0.4, -0.2) is 24.2 Å². The topological polar surface area (TPSA) is 64.4 Å². The molecule has 180 valence electrons. The van der Waals surface area contributed by atoms with E-state index < -0.39 is 11.7 Å². The molecule has 0 fully saturated rings. The molecule has 1 N–H and O–H groups in total. The molecule has 3 aromatic carbocycles. The number of halogens is 3. The summed E-state index contributed by atoms with van der Waals surface area (Å²) in [4.78, 5) is 12.6. The second-order valence-electron chi connectivity index (χ2n) is 7.83. The van der Waals surface area contributed by atoms with Gasteiger partial charge in [0, 0.05) is 18.2 Å². The third-order valence-electron chi connectivity index (χ3n) is 5.41. The van der Waals surface area contributed by atoms with Crippen molar-refractivity contribution in [1.82, 2.24) is 10.5 Å². The first kappa shape index (κ1) is 24.1. The van der Waals surface area contributed by atoms with Gasteiger partial charge in [-0.3, -0.25) is 4.79 Å². The van der Waals surface area contributed by atoms with E-state index in [4.69, 9.17) is 4.74 Å². The maximum atomic E-state index is 12.9. The summed E-state index contributed by atoms with van der Waals surface area (Å²) in [6.07, 6.45) is 2.49. The number of nitrogens with one attached hydrogen (secondary N) is 1. The molecule has 1 aromatic heterocycles. The number of carbonyl (C=O) groups excluding carboxylic acids is 1. The first-order valence-electron chi connectivity index (χ1n) is 11.1. The number of hydrogen-bond donors (Lipinski definition) is 1. The molecular weight excluding hydrogens is 457 g/mol. The second kappa shape index (κ2) is 10.9. The van der Waals surface area contributed by atoms with Crippen LogP contribution < -0.4 is 10.1 Å². The van der Waals surface area contributed by atoms with Crippen molar-refractivity contribution in [2.75, 3.05) is 13.2 Å². The van der Waals surface area contributed by atoms with Gasteiger partial charge in [-0.15, -0.1) is 0 Å². The van der Waals surface area contributed by atoms with E-state index in [1.165, 1.54) is 18.4 Å². The number of rotatable bonds is 9. The lowest BCUT2D eigenvalue weighted by Crippen LogP contribution is -2.24. The predicted octanol–water partition coefficient (Wildman–Crippen LogP) is 6.66. The van der Waals surface area contributed by atoms with E-state index in [0.29, 0.717) is 30.2 Å². The fourth-order valence-electron chi connectivity index (χ4n) is 3.63. The van der Waals surface area contributed by atoms with Crippen LogP contribution >= 0.6 is 0 Å². The molecule has 0 spiro atoms. The Balaban J connectivity index is 1.32. The number of amides is 1. The molecule has 0 radical (unpaired) electrons. The van der Waals surface area contributed by atoms with Gasteiger partial charge in [-0.05, 0) is 64.2 Å². The Morgan fingerprint density at radius 3 is 2.60 bits per heavy atom. The smallest absolute Gasteiger partial charge is 0.416 e. The summed E-state index contributed by atoms with van der Waals surface area (Å²) in [6.45, 7) is 0.918. The van der Waals surface area contributed by atoms with Crippen LogP contribution in [0.4, 0.5) is 13.2 Å². The number of ether oxygens (including phenoxy) is 1. The quantitative estimate of drug-likeness (QED) is 0.215. The molecule has 0 aliphatic rings. The SMILES string of the molecule is O=C(NCCC/C=C/COc1ccon1)c1ccc2c(-c3ccc(C(F)(F)F)cc3)cccc2c1. The Bertz CT molecular complexity index is 1300. The minimum atomic E-state index is -4.37. The predicted molar refractivity (Wildman–Crippen MR) is 127 cm³/mol. The monoisotopic (exact) mass is 480 g/mol. The lowest BCUT2D eigenvalue weighted by Gasteiger charge is -2.11. The highest BCUT2D eigenvalue weighted by Crippen LogP contribution is 2.33. The van der Waals surface area contributed by atoms with Gasteiger partial charge >= 0.3 is 6.18 Å². The molecule has 1 amide bonds. The van der Waals surface area contributed by atoms with Gasteiger partial charge < -0.3 is 14.6 Å². The minimum Gasteiger partial charge on any atom is -0.471 e. The van der Waals surface area contributed by atoms with Crippen molar-refractivity contribution in [3.8, 4) is 17.0 Å². The van der Waals surface area contributed by atoms with Crippen LogP contribution in [0.25, 0.3) is 21.9 Å². The zero-order valence-corrected chi connectivity index (χ0v) is 18.7. The number of alkyl halides is 3. The fraction of sp³-hybridized carbons (Fsp3) is 0.185. The summed E-state index contributed by atoms with van der Waals surface area (Å²) in [5.74, 6) is 0.258. The second-order valence-corrected chi connectivity index (χ2v) is 7.83. The average Bonchev–Trinajstić information content (AvgIpc) is 3.38. The van der Waals surface area contributed by atoms with Crippen molar-refractivity contribution in [2.45, 2.75) is 19.0 Å². The Kier molecular flexibility index (Phi) is 7.50. The van der Waals surface area contributed by atoms with Crippen LogP contribution in [0.3, 0.4) is 0 Å². The molecule has 35 heavy (non-hydrogen) atoms. The number of benzene rings is 3. The van der Waals surface area contributed by atoms with Crippen molar-refractivity contribution >= 4 is 16.7 Å². The summed E-state index contributed by atoms with van der Waals surface area (Å²) < 4.78 is 48.6. The van der Waals surface area contributed by atoms with Gasteiger partial charge in [0.25, 0.3) is 11.8 Å². The number of hydrogen-bond acceptors (Lipinski definition) is 4. The highest BCUT2D eigenvalue weighted by atomic mass is 19.4. The van der Waals surface area contributed by atoms with Crippen molar-refractivity contribution in [3.63, 3.8) is 0 Å². The molecule has 4 aromatic rings. The maximum absolute atomic E-state index is 12.9. The van der Waals surface area contributed by atoms with Crippen LogP contribution in [0.5, 0.6) is 5.88 Å². The summed E-state index contributed by atoms with van der Waals surface area (Å²) >= 11 is 0. The highest BCUT2D eigenvalue weighted by molar-refractivity contribution is 6.02. The van der Waals surface area contributed by atoms with Crippen molar-refractivity contribution in [1.29, 1.82) is 0 Å². The average molecular weight is 480 g/mol. The number of carbonyl (C=O) groups is 1. The highest BCUT2D eigenvalue weighted by Gasteiger charge is 2.30. The molecule has 8 heteroatoms. The number of unbranched alkanes of at least 4 members (excludes halogenated alkanes) is 1. The Morgan fingerprint density at radius 2 is 1.86 bits per heavy atom. The first-order valence-corrected chi connectivity index (χ1v) is 11.1. The van der Waals surface area contributed by atoms with Gasteiger partial charge in [0.15, 0.2) is 0 Å². The maximum Gasteiger partial charge on any atom is 0.416 e. The van der Waals surface area contributed by atoms with E-state index in [2.05, 4.69) is 15.0 Å². The number of allylic oxidation sites excluding steroid dienone is 1. The first-order chi connectivity index (χ1) is 16.9. The zero-order chi connectivity index (χ0) is 24.7. The van der Waals surface area contributed by atoms with Crippen LogP contribution in [0.2, 0.25) is 0 Å². The van der Waals surface area contributed by atoms with Crippen molar-refractivity contribution < 1.29 is 27.2 Å². The van der Waals surface area contributed by atoms with Crippen molar-refractivity contribution in [3.05, 3.63) is 96.3 Å². The normalized spacial score (nSPS) is 11.7. The van der Waals surface area contributed by atoms with Crippen LogP contribution in [0.15, 0.2) is 89.7 Å². The summed E-state index contributed by atoms with van der Waals surface area (Å²) in [5.41, 5.74) is 1.33. The molecule has 4 rings (SSSR count). The van der Waals surface area contributed by atoms with E-state index in [0.717, 1.165) is 41.3 Å². The van der Waals surface area contributed by atoms with E-state index in [9.17, 15) is 18.0 Å². The molecule has 5 nitrogen and oxygen atoms in total. The summed E-state index contributed by atoms with van der Waals surface area (Å²) in [6, 6.07) is 17.6. The van der Waals surface area contributed by atoms with Crippen LogP contribution in [0.1, 0.15) is 28.8 Å². The summed E-state index contributed by atoms with van der Waals surface area (Å²) in [7, 11) is 0. The fourth-order valence-corrected chi connectivity index (χ4v) is 3.63. The lowest BCUT2D eigenvalue weighted by molar-refractivity contribution is -0.137. The van der Waals surface area contributed by atoms with Crippen LogP contribution in [-0.2, 0) is 6.18 Å². The Labute approximate surface area is 200 Å². The van der Waals surface area contributed by atoms with E-state index in [-0.39, 0.29) is 5.91 Å². The molecule has 0 unspecified atom stereocenters. The van der Waals surface area contributed by atoms with Gasteiger partial charge in [0.05, 0.1) is 5.56 Å². The molecule has 0 atom stereocenters. The third-order valence-corrected chi connectivity index (χ3v) is 5.41. The molecule has 0 aliphatic carbocycles.